The normalized spacial score (nSPS) is 17.2. The van der Waals surface area contributed by atoms with Crippen LogP contribution >= 0.6 is 11.6 Å². The van der Waals surface area contributed by atoms with Crippen LogP contribution < -0.4 is 0 Å². The Bertz CT molecular complexity index is 584. The molecule has 3 rings (SSSR count). The Morgan fingerprint density at radius 3 is 2.89 bits per heavy atom. The van der Waals surface area contributed by atoms with Gasteiger partial charge in [-0.05, 0) is 31.0 Å². The molecule has 4 heteroatoms. The number of hydrogen-bond donors (Lipinski definition) is 1. The van der Waals surface area contributed by atoms with E-state index in [1.165, 1.54) is 0 Å². The van der Waals surface area contributed by atoms with Gasteiger partial charge in [0.2, 0.25) is 0 Å². The highest BCUT2D eigenvalue weighted by Crippen LogP contribution is 2.27. The Morgan fingerprint density at radius 1 is 1.33 bits per heavy atom. The molecule has 0 atom stereocenters. The van der Waals surface area contributed by atoms with Crippen molar-refractivity contribution in [1.82, 2.24) is 4.98 Å². The number of fused-ring (bicyclic) bond motifs is 1. The standard InChI is InChI=1S/C14H14ClNO2/c15-10-1-2-13-11(7-10)12(8-16-13)14(17)9-3-5-18-6-4-9/h1-2,7-9,16H,3-6H2. The van der Waals surface area contributed by atoms with Crippen LogP contribution in [-0.4, -0.2) is 24.0 Å². The number of Topliss-reactive ketones (excluding diaryl/α,β-unsaturated/α-hetero) is 1. The first-order valence-electron chi connectivity index (χ1n) is 6.14. The minimum absolute atomic E-state index is 0.0803. The van der Waals surface area contributed by atoms with Crippen LogP contribution in [0.5, 0.6) is 0 Å². The van der Waals surface area contributed by atoms with E-state index >= 15 is 0 Å². The van der Waals surface area contributed by atoms with E-state index in [9.17, 15) is 4.79 Å². The van der Waals surface area contributed by atoms with Crippen molar-refractivity contribution in [1.29, 1.82) is 0 Å². The number of ether oxygens (including phenoxy) is 1. The summed E-state index contributed by atoms with van der Waals surface area (Å²) in [5, 5.41) is 1.57. The van der Waals surface area contributed by atoms with Crippen molar-refractivity contribution >= 4 is 28.3 Å². The van der Waals surface area contributed by atoms with E-state index in [1.807, 2.05) is 18.2 Å². The van der Waals surface area contributed by atoms with Gasteiger partial charge in [-0.25, -0.2) is 0 Å². The number of nitrogens with one attached hydrogen (secondary N) is 1. The Labute approximate surface area is 110 Å². The van der Waals surface area contributed by atoms with Crippen LogP contribution in [0, 0.1) is 5.92 Å². The largest absolute Gasteiger partial charge is 0.381 e. The van der Waals surface area contributed by atoms with E-state index in [1.54, 1.807) is 6.20 Å². The maximum atomic E-state index is 12.5. The van der Waals surface area contributed by atoms with Crippen molar-refractivity contribution in [2.75, 3.05) is 13.2 Å². The third-order valence-corrected chi connectivity index (χ3v) is 3.74. The molecule has 1 N–H and O–H groups in total. The smallest absolute Gasteiger partial charge is 0.168 e. The second-order valence-electron chi connectivity index (χ2n) is 4.64. The average Bonchev–Trinajstić information content (AvgIpc) is 2.82. The number of benzene rings is 1. The monoisotopic (exact) mass is 263 g/mol. The van der Waals surface area contributed by atoms with Gasteiger partial charge in [0.05, 0.1) is 0 Å². The van der Waals surface area contributed by atoms with Crippen molar-refractivity contribution in [3.05, 3.63) is 35.0 Å². The van der Waals surface area contributed by atoms with Crippen LogP contribution in [0.3, 0.4) is 0 Å². The molecule has 0 amide bonds. The van der Waals surface area contributed by atoms with Crippen molar-refractivity contribution in [3.8, 4) is 0 Å². The molecule has 1 saturated heterocycles. The van der Waals surface area contributed by atoms with Gasteiger partial charge in [-0.3, -0.25) is 4.79 Å². The number of carbonyl (C=O) groups is 1. The van der Waals surface area contributed by atoms with E-state index in [2.05, 4.69) is 4.98 Å². The van der Waals surface area contributed by atoms with Crippen molar-refractivity contribution < 1.29 is 9.53 Å². The molecule has 0 radical (unpaired) electrons. The van der Waals surface area contributed by atoms with Crippen molar-refractivity contribution in [3.63, 3.8) is 0 Å². The summed E-state index contributed by atoms with van der Waals surface area (Å²) < 4.78 is 5.29. The van der Waals surface area contributed by atoms with Crippen LogP contribution in [0.25, 0.3) is 10.9 Å². The summed E-state index contributed by atoms with van der Waals surface area (Å²) in [7, 11) is 0. The zero-order valence-electron chi connectivity index (χ0n) is 9.91. The summed E-state index contributed by atoms with van der Waals surface area (Å²) in [6.45, 7) is 1.36. The van der Waals surface area contributed by atoms with Gasteiger partial charge in [0, 0.05) is 46.8 Å². The number of ketones is 1. The van der Waals surface area contributed by atoms with Crippen molar-refractivity contribution in [2.24, 2.45) is 5.92 Å². The Morgan fingerprint density at radius 2 is 2.11 bits per heavy atom. The molecule has 1 aliphatic rings. The first kappa shape index (κ1) is 11.8. The second kappa shape index (κ2) is 4.75. The highest BCUT2D eigenvalue weighted by molar-refractivity contribution is 6.31. The third kappa shape index (κ3) is 2.04. The fourth-order valence-corrected chi connectivity index (χ4v) is 2.65. The zero-order valence-corrected chi connectivity index (χ0v) is 10.7. The number of halogens is 1. The van der Waals surface area contributed by atoms with Crippen LogP contribution in [0.4, 0.5) is 0 Å². The average molecular weight is 264 g/mol. The number of hydrogen-bond acceptors (Lipinski definition) is 2. The van der Waals surface area contributed by atoms with Crippen LogP contribution in [0.2, 0.25) is 5.02 Å². The lowest BCUT2D eigenvalue weighted by Gasteiger charge is -2.20. The molecule has 1 aliphatic heterocycles. The summed E-state index contributed by atoms with van der Waals surface area (Å²) in [5.74, 6) is 0.281. The molecule has 0 saturated carbocycles. The number of H-pyrrole nitrogens is 1. The summed E-state index contributed by atoms with van der Waals surface area (Å²) in [5.41, 5.74) is 1.70. The molecule has 1 fully saturated rings. The minimum atomic E-state index is 0.0803. The number of aromatic amines is 1. The van der Waals surface area contributed by atoms with Gasteiger partial charge in [-0.1, -0.05) is 11.6 Å². The number of aromatic nitrogens is 1. The van der Waals surface area contributed by atoms with E-state index in [0.29, 0.717) is 18.2 Å². The lowest BCUT2D eigenvalue weighted by Crippen LogP contribution is -2.23. The Hall–Kier alpha value is -1.32. The van der Waals surface area contributed by atoms with Crippen LogP contribution in [0.1, 0.15) is 23.2 Å². The van der Waals surface area contributed by atoms with Gasteiger partial charge >= 0.3 is 0 Å². The third-order valence-electron chi connectivity index (χ3n) is 3.50. The van der Waals surface area contributed by atoms with Gasteiger partial charge in [-0.15, -0.1) is 0 Å². The molecular weight excluding hydrogens is 250 g/mol. The fraction of sp³-hybridized carbons (Fsp3) is 0.357. The van der Waals surface area contributed by atoms with Crippen LogP contribution in [-0.2, 0) is 4.74 Å². The molecule has 0 bridgehead atoms. The quantitative estimate of drug-likeness (QED) is 0.844. The SMILES string of the molecule is O=C(c1c[nH]c2ccc(Cl)cc12)C1CCOCC1. The highest BCUT2D eigenvalue weighted by atomic mass is 35.5. The molecule has 0 unspecified atom stereocenters. The maximum Gasteiger partial charge on any atom is 0.168 e. The lowest BCUT2D eigenvalue weighted by atomic mass is 9.91. The van der Waals surface area contributed by atoms with Gasteiger partial charge in [-0.2, -0.15) is 0 Å². The highest BCUT2D eigenvalue weighted by Gasteiger charge is 2.24. The summed E-state index contributed by atoms with van der Waals surface area (Å²) >= 11 is 5.99. The topological polar surface area (TPSA) is 42.1 Å². The molecule has 2 aromatic rings. The van der Waals surface area contributed by atoms with Crippen molar-refractivity contribution in [2.45, 2.75) is 12.8 Å². The summed E-state index contributed by atoms with van der Waals surface area (Å²) in [6.07, 6.45) is 3.41. The number of rotatable bonds is 2. The second-order valence-corrected chi connectivity index (χ2v) is 5.08. The fourth-order valence-electron chi connectivity index (χ4n) is 2.48. The van der Waals surface area contributed by atoms with E-state index in [-0.39, 0.29) is 11.7 Å². The molecule has 1 aromatic heterocycles. The predicted octanol–water partition coefficient (Wildman–Crippen LogP) is 3.43. The maximum absolute atomic E-state index is 12.5. The molecule has 3 nitrogen and oxygen atoms in total. The molecule has 18 heavy (non-hydrogen) atoms. The molecule has 0 aliphatic carbocycles. The van der Waals surface area contributed by atoms with E-state index in [4.69, 9.17) is 16.3 Å². The first-order valence-corrected chi connectivity index (χ1v) is 6.52. The lowest BCUT2D eigenvalue weighted by molar-refractivity contribution is 0.0546. The summed E-state index contributed by atoms with van der Waals surface area (Å²) in [4.78, 5) is 15.6. The molecule has 1 aromatic carbocycles. The molecule has 0 spiro atoms. The van der Waals surface area contributed by atoms with E-state index < -0.39 is 0 Å². The first-order chi connectivity index (χ1) is 8.75. The molecule has 2 heterocycles. The Balaban J connectivity index is 1.98. The van der Waals surface area contributed by atoms with Gasteiger partial charge in [0.15, 0.2) is 5.78 Å². The summed E-state index contributed by atoms with van der Waals surface area (Å²) in [6, 6.07) is 5.57. The van der Waals surface area contributed by atoms with Gasteiger partial charge in [0.25, 0.3) is 0 Å². The predicted molar refractivity (Wildman–Crippen MR) is 71.2 cm³/mol. The number of carbonyl (C=O) groups excluding carboxylic acids is 1. The van der Waals surface area contributed by atoms with E-state index in [0.717, 1.165) is 29.3 Å². The zero-order chi connectivity index (χ0) is 12.5. The Kier molecular flexibility index (Phi) is 3.10. The van der Waals surface area contributed by atoms with Crippen LogP contribution in [0.15, 0.2) is 24.4 Å². The minimum Gasteiger partial charge on any atom is -0.381 e. The van der Waals surface area contributed by atoms with Gasteiger partial charge < -0.3 is 9.72 Å². The van der Waals surface area contributed by atoms with Gasteiger partial charge in [0.1, 0.15) is 0 Å². The molecule has 94 valence electrons. The molecular formula is C14H14ClNO2.